The minimum atomic E-state index is 0.463. The molecule has 0 atom stereocenters. The lowest BCUT2D eigenvalue weighted by atomic mass is 9.95. The average molecular weight is 662 g/mol. The third-order valence-corrected chi connectivity index (χ3v) is 10.5. The standard InChI is InChI=1S/C46H35N3S/c1-3-5-18-41(47)35-15-9-7-13-33(35)30-21-24-44-38(27-30)37-17-11-12-20-43(37)49(44)32-23-26-46-40(29-32)39-28-31(22-25-45(39)50-46)34-14-8-10-16-36(34)42(48)19-6-4-2/h3-29,48H,2,47H2,1H3/b5-3-,19-6-,41-18-,48-42?. The van der Waals surface area contributed by atoms with Crippen molar-refractivity contribution in [2.45, 2.75) is 6.92 Å². The molecule has 4 heteroatoms. The number of fused-ring (bicyclic) bond motifs is 6. The quantitative estimate of drug-likeness (QED) is 0.124. The fourth-order valence-corrected chi connectivity index (χ4v) is 8.06. The van der Waals surface area contributed by atoms with Crippen molar-refractivity contribution in [3.05, 3.63) is 182 Å². The van der Waals surface area contributed by atoms with Gasteiger partial charge in [-0.3, -0.25) is 0 Å². The van der Waals surface area contributed by atoms with Gasteiger partial charge in [0.05, 0.1) is 16.7 Å². The first-order chi connectivity index (χ1) is 24.6. The zero-order valence-electron chi connectivity index (χ0n) is 27.7. The number of hydrogen-bond acceptors (Lipinski definition) is 3. The first kappa shape index (κ1) is 31.1. The number of thiophene rings is 1. The molecule has 0 saturated heterocycles. The summed E-state index contributed by atoms with van der Waals surface area (Å²) in [5.74, 6) is 0. The molecule has 0 amide bonds. The van der Waals surface area contributed by atoms with Gasteiger partial charge in [0.2, 0.25) is 0 Å². The number of nitrogens with two attached hydrogens (primary N) is 1. The number of aromatic nitrogens is 1. The van der Waals surface area contributed by atoms with E-state index in [0.29, 0.717) is 5.71 Å². The van der Waals surface area contributed by atoms with Gasteiger partial charge in [-0.2, -0.15) is 0 Å². The Labute approximate surface area is 295 Å². The summed E-state index contributed by atoms with van der Waals surface area (Å²) >= 11 is 1.82. The highest BCUT2D eigenvalue weighted by molar-refractivity contribution is 7.25. The molecule has 240 valence electrons. The molecule has 2 aromatic heterocycles. The molecular weight excluding hydrogens is 627 g/mol. The van der Waals surface area contributed by atoms with Gasteiger partial charge in [0.15, 0.2) is 0 Å². The van der Waals surface area contributed by atoms with Crippen molar-refractivity contribution in [2.75, 3.05) is 0 Å². The fraction of sp³-hybridized carbons (Fsp3) is 0.0217. The highest BCUT2D eigenvalue weighted by atomic mass is 32.1. The van der Waals surface area contributed by atoms with Gasteiger partial charge in [-0.1, -0.05) is 110 Å². The summed E-state index contributed by atoms with van der Waals surface area (Å²) in [6.45, 7) is 5.76. The molecular formula is C46H35N3S. The van der Waals surface area contributed by atoms with E-state index in [1.165, 1.54) is 36.5 Å². The van der Waals surface area contributed by atoms with E-state index in [2.05, 4.69) is 114 Å². The maximum atomic E-state index is 8.70. The van der Waals surface area contributed by atoms with Crippen LogP contribution in [0.4, 0.5) is 0 Å². The monoisotopic (exact) mass is 661 g/mol. The molecule has 8 rings (SSSR count). The lowest BCUT2D eigenvalue weighted by Crippen LogP contribution is -1.98. The maximum absolute atomic E-state index is 8.70. The topological polar surface area (TPSA) is 54.8 Å². The number of allylic oxidation sites excluding steroid dienone is 6. The summed E-state index contributed by atoms with van der Waals surface area (Å²) in [5, 5.41) is 13.6. The van der Waals surface area contributed by atoms with Crippen LogP contribution in [0.15, 0.2) is 170 Å². The lowest BCUT2D eigenvalue weighted by molar-refractivity contribution is 1.19. The number of hydrogen-bond donors (Lipinski definition) is 2. The van der Waals surface area contributed by atoms with E-state index in [0.717, 1.165) is 50.3 Å². The van der Waals surface area contributed by atoms with E-state index < -0.39 is 0 Å². The van der Waals surface area contributed by atoms with Crippen molar-refractivity contribution < 1.29 is 0 Å². The van der Waals surface area contributed by atoms with Crippen molar-refractivity contribution >= 4 is 64.7 Å². The molecule has 0 fully saturated rings. The van der Waals surface area contributed by atoms with Crippen LogP contribution in [-0.4, -0.2) is 10.3 Å². The van der Waals surface area contributed by atoms with Crippen LogP contribution in [-0.2, 0) is 0 Å². The summed E-state index contributed by atoms with van der Waals surface area (Å²) in [7, 11) is 0. The van der Waals surface area contributed by atoms with Gasteiger partial charge in [-0.25, -0.2) is 0 Å². The lowest BCUT2D eigenvalue weighted by Gasteiger charge is -2.12. The van der Waals surface area contributed by atoms with E-state index in [-0.39, 0.29) is 0 Å². The third-order valence-electron chi connectivity index (χ3n) is 9.33. The minimum absolute atomic E-state index is 0.463. The van der Waals surface area contributed by atoms with Gasteiger partial charge >= 0.3 is 0 Å². The van der Waals surface area contributed by atoms with Crippen LogP contribution in [0.5, 0.6) is 0 Å². The van der Waals surface area contributed by atoms with Crippen LogP contribution < -0.4 is 5.73 Å². The molecule has 8 aromatic rings. The molecule has 2 heterocycles. The minimum Gasteiger partial charge on any atom is -0.398 e. The fourth-order valence-electron chi connectivity index (χ4n) is 6.99. The first-order valence-corrected chi connectivity index (χ1v) is 17.5. The Morgan fingerprint density at radius 3 is 2.06 bits per heavy atom. The highest BCUT2D eigenvalue weighted by Crippen LogP contribution is 2.41. The molecule has 3 nitrogen and oxygen atoms in total. The largest absolute Gasteiger partial charge is 0.398 e. The molecule has 0 radical (unpaired) electrons. The molecule has 0 aliphatic carbocycles. The number of para-hydroxylation sites is 1. The summed E-state index contributed by atoms with van der Waals surface area (Å²) in [5.41, 5.74) is 17.5. The molecule has 0 spiro atoms. The smallest absolute Gasteiger partial charge is 0.0618 e. The normalized spacial score (nSPS) is 12.3. The Bertz CT molecular complexity index is 2710. The first-order valence-electron chi connectivity index (χ1n) is 16.7. The van der Waals surface area contributed by atoms with Crippen molar-refractivity contribution in [3.8, 4) is 27.9 Å². The van der Waals surface area contributed by atoms with Crippen LogP contribution in [0, 0.1) is 5.41 Å². The molecule has 3 N–H and O–H groups in total. The zero-order valence-corrected chi connectivity index (χ0v) is 28.5. The van der Waals surface area contributed by atoms with Crippen molar-refractivity contribution in [1.82, 2.24) is 4.57 Å². The van der Waals surface area contributed by atoms with Gasteiger partial charge < -0.3 is 15.7 Å². The molecule has 6 aromatic carbocycles. The van der Waals surface area contributed by atoms with Gasteiger partial charge in [-0.15, -0.1) is 11.3 Å². The van der Waals surface area contributed by atoms with E-state index in [9.17, 15) is 0 Å². The Hall–Kier alpha value is -6.23. The zero-order chi connectivity index (χ0) is 34.2. The molecule has 0 saturated carbocycles. The van der Waals surface area contributed by atoms with Gasteiger partial charge in [0, 0.05) is 53.5 Å². The third kappa shape index (κ3) is 5.36. The van der Waals surface area contributed by atoms with E-state index in [1.807, 2.05) is 66.8 Å². The molecule has 0 bridgehead atoms. The van der Waals surface area contributed by atoms with Crippen LogP contribution >= 0.6 is 11.3 Å². The van der Waals surface area contributed by atoms with Crippen LogP contribution in [0.1, 0.15) is 18.1 Å². The second-order valence-corrected chi connectivity index (χ2v) is 13.4. The van der Waals surface area contributed by atoms with Crippen molar-refractivity contribution in [2.24, 2.45) is 5.73 Å². The molecule has 50 heavy (non-hydrogen) atoms. The SMILES string of the molecule is C=C/C=C\C(=N)c1ccccc1-c1ccc2sc3ccc(-n4c5ccccc5c5cc(-c6ccccc6/C(N)=C/C=C\C)ccc54)cc3c2c1. The Morgan fingerprint density at radius 2 is 1.28 bits per heavy atom. The second-order valence-electron chi connectivity index (χ2n) is 12.3. The average Bonchev–Trinajstić information content (AvgIpc) is 3.70. The van der Waals surface area contributed by atoms with Crippen molar-refractivity contribution in [3.63, 3.8) is 0 Å². The Kier molecular flexibility index (Phi) is 8.08. The summed E-state index contributed by atoms with van der Waals surface area (Å²) in [6, 6.07) is 45.4. The number of nitrogens with zero attached hydrogens (tertiary/aromatic N) is 1. The summed E-state index contributed by atoms with van der Waals surface area (Å²) < 4.78 is 4.88. The number of benzene rings is 6. The van der Waals surface area contributed by atoms with E-state index >= 15 is 0 Å². The molecule has 0 unspecified atom stereocenters. The molecule has 0 aliphatic heterocycles. The predicted molar refractivity (Wildman–Crippen MR) is 218 cm³/mol. The summed E-state index contributed by atoms with van der Waals surface area (Å²) in [4.78, 5) is 0. The number of rotatable bonds is 8. The van der Waals surface area contributed by atoms with Gasteiger partial charge in [0.25, 0.3) is 0 Å². The van der Waals surface area contributed by atoms with Crippen LogP contribution in [0.2, 0.25) is 0 Å². The number of nitrogens with one attached hydrogen (secondary N) is 1. The van der Waals surface area contributed by atoms with Crippen molar-refractivity contribution in [1.29, 1.82) is 5.41 Å². The van der Waals surface area contributed by atoms with Gasteiger partial charge in [-0.05, 0) is 89.9 Å². The Balaban J connectivity index is 1.28. The predicted octanol–water partition coefficient (Wildman–Crippen LogP) is 12.5. The maximum Gasteiger partial charge on any atom is 0.0618 e. The van der Waals surface area contributed by atoms with Gasteiger partial charge in [0.1, 0.15) is 0 Å². The van der Waals surface area contributed by atoms with Crippen LogP contribution in [0.3, 0.4) is 0 Å². The highest BCUT2D eigenvalue weighted by Gasteiger charge is 2.17. The second kappa shape index (κ2) is 13.0. The molecule has 0 aliphatic rings. The summed E-state index contributed by atoms with van der Waals surface area (Å²) in [6.07, 6.45) is 11.2. The Morgan fingerprint density at radius 1 is 0.660 bits per heavy atom. The van der Waals surface area contributed by atoms with E-state index in [1.54, 1.807) is 12.2 Å². The van der Waals surface area contributed by atoms with Crippen LogP contribution in [0.25, 0.3) is 75.6 Å². The van der Waals surface area contributed by atoms with E-state index in [4.69, 9.17) is 11.1 Å².